The van der Waals surface area contributed by atoms with E-state index in [1.54, 1.807) is 0 Å². The second-order valence-electron chi connectivity index (χ2n) is 6.03. The minimum atomic E-state index is 0.544. The Morgan fingerprint density at radius 2 is 2.00 bits per heavy atom. The Labute approximate surface area is 125 Å². The van der Waals surface area contributed by atoms with Gasteiger partial charge < -0.3 is 10.2 Å². The molecule has 1 N–H and O–H groups in total. The molecule has 1 atom stereocenters. The minimum absolute atomic E-state index is 0.544. The Hall–Kier alpha value is -0.540. The number of rotatable bonds is 6. The molecule has 0 aliphatic heterocycles. The zero-order chi connectivity index (χ0) is 14.0. The first-order valence-electron chi connectivity index (χ1n) is 7.23. The highest BCUT2D eigenvalue weighted by Crippen LogP contribution is 2.27. The molecule has 2 nitrogen and oxygen atoms in total. The number of hydrogen-bond donors (Lipinski definition) is 1. The molecule has 1 aliphatic carbocycles. The summed E-state index contributed by atoms with van der Waals surface area (Å²) < 4.78 is 1.21. The van der Waals surface area contributed by atoms with Crippen LogP contribution in [0.25, 0.3) is 0 Å². The summed E-state index contributed by atoms with van der Waals surface area (Å²) in [5, 5.41) is 3.56. The van der Waals surface area contributed by atoms with Gasteiger partial charge in [0.05, 0.1) is 0 Å². The van der Waals surface area contributed by atoms with Crippen molar-refractivity contribution < 1.29 is 0 Å². The van der Waals surface area contributed by atoms with Gasteiger partial charge in [-0.25, -0.2) is 0 Å². The molecule has 0 aromatic heterocycles. The van der Waals surface area contributed by atoms with Crippen molar-refractivity contribution in [2.45, 2.75) is 52.2 Å². The third-order valence-electron chi connectivity index (χ3n) is 4.18. The second kappa shape index (κ2) is 6.27. The van der Waals surface area contributed by atoms with Crippen LogP contribution in [0.3, 0.4) is 0 Å². The molecule has 0 heterocycles. The summed E-state index contributed by atoms with van der Waals surface area (Å²) >= 11 is 3.71. The maximum absolute atomic E-state index is 3.71. The molecular formula is C16H25BrN2. The van der Waals surface area contributed by atoms with E-state index in [4.69, 9.17) is 0 Å². The van der Waals surface area contributed by atoms with Gasteiger partial charge in [-0.15, -0.1) is 0 Å². The van der Waals surface area contributed by atoms with Crippen LogP contribution in [0, 0.1) is 5.92 Å². The first-order valence-corrected chi connectivity index (χ1v) is 8.03. The van der Waals surface area contributed by atoms with Crippen LogP contribution < -0.4 is 10.2 Å². The third-order valence-corrected chi connectivity index (χ3v) is 4.92. The van der Waals surface area contributed by atoms with Crippen molar-refractivity contribution in [2.75, 3.05) is 11.9 Å². The SMILES string of the molecule is CC(C)C(C)N(C)c1ccc(CNC2CC2)c(Br)c1. The minimum Gasteiger partial charge on any atom is -0.372 e. The van der Waals surface area contributed by atoms with E-state index >= 15 is 0 Å². The molecule has 1 aromatic rings. The number of halogens is 1. The van der Waals surface area contributed by atoms with E-state index < -0.39 is 0 Å². The fraction of sp³-hybridized carbons (Fsp3) is 0.625. The molecule has 1 fully saturated rings. The van der Waals surface area contributed by atoms with Gasteiger partial charge in [0, 0.05) is 35.8 Å². The second-order valence-corrected chi connectivity index (χ2v) is 6.88. The Morgan fingerprint density at radius 1 is 1.32 bits per heavy atom. The van der Waals surface area contributed by atoms with Crippen molar-refractivity contribution in [3.8, 4) is 0 Å². The summed E-state index contributed by atoms with van der Waals surface area (Å²) in [5.74, 6) is 0.653. The Bertz CT molecular complexity index is 427. The smallest absolute Gasteiger partial charge is 0.0377 e. The average Bonchev–Trinajstić information content (AvgIpc) is 3.19. The first-order chi connectivity index (χ1) is 8.99. The van der Waals surface area contributed by atoms with E-state index in [2.05, 4.69) is 72.2 Å². The number of nitrogens with zero attached hydrogens (tertiary/aromatic N) is 1. The molecule has 0 radical (unpaired) electrons. The van der Waals surface area contributed by atoms with Crippen LogP contribution in [-0.4, -0.2) is 19.1 Å². The van der Waals surface area contributed by atoms with Gasteiger partial charge in [-0.2, -0.15) is 0 Å². The Kier molecular flexibility index (Phi) is 4.91. The predicted molar refractivity (Wildman–Crippen MR) is 86.7 cm³/mol. The zero-order valence-corrected chi connectivity index (χ0v) is 14.0. The lowest BCUT2D eigenvalue weighted by atomic mass is 10.0. The molecule has 3 heteroatoms. The largest absolute Gasteiger partial charge is 0.372 e. The van der Waals surface area contributed by atoms with Gasteiger partial charge in [-0.1, -0.05) is 35.8 Å². The van der Waals surface area contributed by atoms with Gasteiger partial charge in [0.1, 0.15) is 0 Å². The molecule has 0 saturated heterocycles. The van der Waals surface area contributed by atoms with Gasteiger partial charge in [-0.05, 0) is 43.4 Å². The standard InChI is InChI=1S/C16H25BrN2/c1-11(2)12(3)19(4)15-8-5-13(16(17)9-15)10-18-14-6-7-14/h5,8-9,11-12,14,18H,6-7,10H2,1-4H3. The molecule has 1 unspecified atom stereocenters. The average molecular weight is 325 g/mol. The predicted octanol–water partition coefficient (Wildman–Crippen LogP) is 4.18. The zero-order valence-electron chi connectivity index (χ0n) is 12.4. The molecule has 0 amide bonds. The summed E-state index contributed by atoms with van der Waals surface area (Å²) in [6.07, 6.45) is 2.68. The first kappa shape index (κ1) is 14.9. The molecule has 19 heavy (non-hydrogen) atoms. The molecular weight excluding hydrogens is 300 g/mol. The molecule has 1 saturated carbocycles. The number of hydrogen-bond acceptors (Lipinski definition) is 2. The topological polar surface area (TPSA) is 15.3 Å². The van der Waals surface area contributed by atoms with Crippen LogP contribution in [0.4, 0.5) is 5.69 Å². The Morgan fingerprint density at radius 3 is 2.53 bits per heavy atom. The third kappa shape index (κ3) is 3.96. The molecule has 2 rings (SSSR count). The summed E-state index contributed by atoms with van der Waals surface area (Å²) in [6.45, 7) is 7.78. The van der Waals surface area contributed by atoms with E-state index in [9.17, 15) is 0 Å². The fourth-order valence-electron chi connectivity index (χ4n) is 2.12. The van der Waals surface area contributed by atoms with E-state index in [-0.39, 0.29) is 0 Å². The summed E-state index contributed by atoms with van der Waals surface area (Å²) in [5.41, 5.74) is 2.63. The van der Waals surface area contributed by atoms with Crippen LogP contribution in [0.15, 0.2) is 22.7 Å². The van der Waals surface area contributed by atoms with Crippen LogP contribution in [0.5, 0.6) is 0 Å². The van der Waals surface area contributed by atoms with Crippen LogP contribution >= 0.6 is 15.9 Å². The van der Waals surface area contributed by atoms with Crippen molar-refractivity contribution >= 4 is 21.6 Å². The Balaban J connectivity index is 2.04. The highest BCUT2D eigenvalue weighted by molar-refractivity contribution is 9.10. The normalized spacial score (nSPS) is 16.7. The van der Waals surface area contributed by atoms with E-state index in [1.807, 2.05) is 0 Å². The van der Waals surface area contributed by atoms with Gasteiger partial charge in [0.2, 0.25) is 0 Å². The lowest BCUT2D eigenvalue weighted by molar-refractivity contribution is 0.505. The lowest BCUT2D eigenvalue weighted by Crippen LogP contribution is -2.33. The van der Waals surface area contributed by atoms with Crippen LogP contribution in [0.1, 0.15) is 39.2 Å². The maximum Gasteiger partial charge on any atom is 0.0377 e. The van der Waals surface area contributed by atoms with Crippen molar-refractivity contribution in [3.63, 3.8) is 0 Å². The van der Waals surface area contributed by atoms with Gasteiger partial charge in [-0.3, -0.25) is 0 Å². The summed E-state index contributed by atoms with van der Waals surface area (Å²) in [7, 11) is 2.18. The van der Waals surface area contributed by atoms with Crippen molar-refractivity contribution in [1.29, 1.82) is 0 Å². The molecule has 0 bridgehead atoms. The van der Waals surface area contributed by atoms with Crippen molar-refractivity contribution in [1.82, 2.24) is 5.32 Å². The summed E-state index contributed by atoms with van der Waals surface area (Å²) in [4.78, 5) is 2.35. The van der Waals surface area contributed by atoms with Gasteiger partial charge >= 0.3 is 0 Å². The van der Waals surface area contributed by atoms with Crippen LogP contribution in [0.2, 0.25) is 0 Å². The molecule has 0 spiro atoms. The highest BCUT2D eigenvalue weighted by Gasteiger charge is 2.20. The van der Waals surface area contributed by atoms with Crippen molar-refractivity contribution in [3.05, 3.63) is 28.2 Å². The lowest BCUT2D eigenvalue weighted by Gasteiger charge is -2.30. The highest BCUT2D eigenvalue weighted by atomic mass is 79.9. The number of anilines is 1. The molecule has 1 aliphatic rings. The molecule has 1 aromatic carbocycles. The van der Waals surface area contributed by atoms with E-state index in [1.165, 1.54) is 28.6 Å². The molecule has 106 valence electrons. The van der Waals surface area contributed by atoms with E-state index in [0.29, 0.717) is 12.0 Å². The maximum atomic E-state index is 3.71. The van der Waals surface area contributed by atoms with Crippen LogP contribution in [-0.2, 0) is 6.54 Å². The summed E-state index contributed by atoms with van der Waals surface area (Å²) in [6, 6.07) is 8.01. The van der Waals surface area contributed by atoms with Crippen molar-refractivity contribution in [2.24, 2.45) is 5.92 Å². The number of nitrogens with one attached hydrogen (secondary N) is 1. The quantitative estimate of drug-likeness (QED) is 0.844. The van der Waals surface area contributed by atoms with Gasteiger partial charge in [0.15, 0.2) is 0 Å². The van der Waals surface area contributed by atoms with E-state index in [0.717, 1.165) is 12.6 Å². The fourth-order valence-corrected chi connectivity index (χ4v) is 2.63. The monoisotopic (exact) mass is 324 g/mol. The van der Waals surface area contributed by atoms with Gasteiger partial charge in [0.25, 0.3) is 0 Å². The number of benzene rings is 1.